The first-order valence-electron chi connectivity index (χ1n) is 10.9. The second-order valence-electron chi connectivity index (χ2n) is 7.82. The number of hydrogen-bond donors (Lipinski definition) is 2. The fourth-order valence-electron chi connectivity index (χ4n) is 3.42. The molecule has 6 heteroatoms. The standard InChI is InChI=1S/C25H24ClN3O.C3H5Cl/c1-30-22-8-5-18(6-9-22)15-27-16-19-3-2-4-20(13-19)17-29-24-11-12-28-25-14-21(26)7-10-23(24)25;1-3(2)4/h2-14,27H,15-17H2,1H3,(H,28,29);1H2,2H3. The Morgan fingerprint density at radius 2 is 1.59 bits per heavy atom. The fourth-order valence-corrected chi connectivity index (χ4v) is 3.58. The normalized spacial score (nSPS) is 10.4. The highest BCUT2D eigenvalue weighted by atomic mass is 35.5. The maximum Gasteiger partial charge on any atom is 0.118 e. The van der Waals surface area contributed by atoms with Crippen molar-refractivity contribution in [3.05, 3.63) is 112 Å². The number of rotatable bonds is 8. The third-order valence-electron chi connectivity index (χ3n) is 5.00. The minimum absolute atomic E-state index is 0.639. The van der Waals surface area contributed by atoms with Crippen LogP contribution >= 0.6 is 23.2 Å². The SMILES string of the molecule is C=C(C)Cl.COc1ccc(CNCc2cccc(CNc3ccnc4cc(Cl)ccc34)c2)cc1. The van der Waals surface area contributed by atoms with Crippen molar-refractivity contribution in [3.8, 4) is 5.75 Å². The summed E-state index contributed by atoms with van der Waals surface area (Å²) in [7, 11) is 1.68. The van der Waals surface area contributed by atoms with Crippen molar-refractivity contribution >= 4 is 39.8 Å². The smallest absolute Gasteiger partial charge is 0.118 e. The van der Waals surface area contributed by atoms with E-state index in [9.17, 15) is 0 Å². The summed E-state index contributed by atoms with van der Waals surface area (Å²) in [5, 5.41) is 9.44. The van der Waals surface area contributed by atoms with Gasteiger partial charge in [0.2, 0.25) is 0 Å². The van der Waals surface area contributed by atoms with Crippen LogP contribution in [0.15, 0.2) is 90.6 Å². The molecule has 0 atom stereocenters. The zero-order chi connectivity index (χ0) is 24.3. The van der Waals surface area contributed by atoms with E-state index in [1.807, 2.05) is 36.4 Å². The number of fused-ring (bicyclic) bond motifs is 1. The number of aromatic nitrogens is 1. The molecule has 1 aromatic heterocycles. The molecule has 3 aromatic carbocycles. The van der Waals surface area contributed by atoms with E-state index in [4.69, 9.17) is 27.9 Å². The monoisotopic (exact) mass is 493 g/mol. The molecule has 0 bridgehead atoms. The van der Waals surface area contributed by atoms with Gasteiger partial charge in [0.05, 0.1) is 12.6 Å². The van der Waals surface area contributed by atoms with E-state index in [-0.39, 0.29) is 0 Å². The predicted octanol–water partition coefficient (Wildman–Crippen LogP) is 7.56. The van der Waals surface area contributed by atoms with Crippen molar-refractivity contribution in [1.82, 2.24) is 10.3 Å². The number of pyridine rings is 1. The van der Waals surface area contributed by atoms with Crippen LogP contribution in [0.25, 0.3) is 10.9 Å². The molecule has 4 aromatic rings. The van der Waals surface area contributed by atoms with E-state index in [2.05, 4.69) is 58.6 Å². The molecule has 0 aliphatic rings. The average molecular weight is 494 g/mol. The van der Waals surface area contributed by atoms with Gasteiger partial charge < -0.3 is 15.4 Å². The number of hydrogen-bond acceptors (Lipinski definition) is 4. The summed E-state index contributed by atoms with van der Waals surface area (Å²) in [5.41, 5.74) is 5.67. The largest absolute Gasteiger partial charge is 0.497 e. The molecule has 0 radical (unpaired) electrons. The van der Waals surface area contributed by atoms with E-state index in [1.165, 1.54) is 16.7 Å². The fraction of sp³-hybridized carbons (Fsp3) is 0.179. The Balaban J connectivity index is 0.000000751. The summed E-state index contributed by atoms with van der Waals surface area (Å²) in [6, 6.07) is 24.5. The molecule has 0 aliphatic heterocycles. The molecular weight excluding hydrogens is 465 g/mol. The summed E-state index contributed by atoms with van der Waals surface area (Å²) in [6.07, 6.45) is 1.81. The average Bonchev–Trinajstić information content (AvgIpc) is 2.83. The number of ether oxygens (including phenoxy) is 1. The number of benzene rings is 3. The molecule has 0 fully saturated rings. The van der Waals surface area contributed by atoms with E-state index in [0.29, 0.717) is 10.1 Å². The van der Waals surface area contributed by atoms with Crippen LogP contribution in [-0.4, -0.2) is 12.1 Å². The Hall–Kier alpha value is -3.05. The third kappa shape index (κ3) is 8.07. The maximum atomic E-state index is 6.08. The van der Waals surface area contributed by atoms with Crippen LogP contribution in [0.1, 0.15) is 23.6 Å². The van der Waals surface area contributed by atoms with Crippen LogP contribution in [0.4, 0.5) is 5.69 Å². The maximum absolute atomic E-state index is 6.08. The first-order valence-corrected chi connectivity index (χ1v) is 11.7. The molecule has 1 heterocycles. The highest BCUT2D eigenvalue weighted by molar-refractivity contribution is 6.31. The number of anilines is 1. The van der Waals surface area contributed by atoms with E-state index in [1.54, 1.807) is 20.2 Å². The Kier molecular flexibility index (Phi) is 9.77. The van der Waals surface area contributed by atoms with Crippen molar-refractivity contribution in [1.29, 1.82) is 0 Å². The van der Waals surface area contributed by atoms with Gasteiger partial charge in [0, 0.05) is 47.0 Å². The van der Waals surface area contributed by atoms with E-state index in [0.717, 1.165) is 42.0 Å². The van der Waals surface area contributed by atoms with Gasteiger partial charge in [-0.05, 0) is 60.0 Å². The van der Waals surface area contributed by atoms with Gasteiger partial charge in [-0.15, -0.1) is 0 Å². The zero-order valence-electron chi connectivity index (χ0n) is 19.4. The number of nitrogens with one attached hydrogen (secondary N) is 2. The molecule has 0 saturated carbocycles. The minimum atomic E-state index is 0.639. The van der Waals surface area contributed by atoms with Crippen molar-refractivity contribution in [3.63, 3.8) is 0 Å². The molecule has 0 unspecified atom stereocenters. The Morgan fingerprint density at radius 3 is 2.29 bits per heavy atom. The van der Waals surface area contributed by atoms with Gasteiger partial charge in [-0.2, -0.15) is 0 Å². The number of nitrogens with zero attached hydrogens (tertiary/aromatic N) is 1. The predicted molar refractivity (Wildman–Crippen MR) is 145 cm³/mol. The van der Waals surface area contributed by atoms with E-state index < -0.39 is 0 Å². The second kappa shape index (κ2) is 13.0. The Labute approximate surface area is 211 Å². The highest BCUT2D eigenvalue weighted by Crippen LogP contribution is 2.25. The van der Waals surface area contributed by atoms with Gasteiger partial charge in [-0.1, -0.05) is 66.2 Å². The summed E-state index contributed by atoms with van der Waals surface area (Å²) >= 11 is 11.2. The van der Waals surface area contributed by atoms with Crippen LogP contribution in [0.5, 0.6) is 5.75 Å². The Morgan fingerprint density at radius 1 is 0.912 bits per heavy atom. The van der Waals surface area contributed by atoms with Crippen molar-refractivity contribution in [2.45, 2.75) is 26.6 Å². The molecule has 0 aliphatic carbocycles. The number of allylic oxidation sites excluding steroid dienone is 1. The summed E-state index contributed by atoms with van der Waals surface area (Å²) in [6.45, 7) is 7.44. The summed E-state index contributed by atoms with van der Waals surface area (Å²) in [4.78, 5) is 4.40. The van der Waals surface area contributed by atoms with Gasteiger partial charge in [0.15, 0.2) is 0 Å². The summed E-state index contributed by atoms with van der Waals surface area (Å²) in [5.74, 6) is 0.879. The van der Waals surface area contributed by atoms with Crippen LogP contribution in [0.2, 0.25) is 5.02 Å². The number of methoxy groups -OCH3 is 1. The molecule has 4 nitrogen and oxygen atoms in total. The first-order chi connectivity index (χ1) is 16.4. The minimum Gasteiger partial charge on any atom is -0.497 e. The third-order valence-corrected chi connectivity index (χ3v) is 5.23. The molecule has 34 heavy (non-hydrogen) atoms. The van der Waals surface area contributed by atoms with Crippen molar-refractivity contribution in [2.75, 3.05) is 12.4 Å². The topological polar surface area (TPSA) is 46.2 Å². The molecule has 0 spiro atoms. The summed E-state index contributed by atoms with van der Waals surface area (Å²) < 4.78 is 5.20. The number of halogens is 2. The molecular formula is C28H29Cl2N3O. The van der Waals surface area contributed by atoms with Crippen molar-refractivity contribution in [2.24, 2.45) is 0 Å². The molecule has 0 amide bonds. The van der Waals surface area contributed by atoms with Crippen LogP contribution < -0.4 is 15.4 Å². The lowest BCUT2D eigenvalue weighted by molar-refractivity contribution is 0.414. The lowest BCUT2D eigenvalue weighted by atomic mass is 10.1. The molecule has 0 saturated heterocycles. The van der Waals surface area contributed by atoms with Gasteiger partial charge >= 0.3 is 0 Å². The lowest BCUT2D eigenvalue weighted by Crippen LogP contribution is -2.13. The molecule has 176 valence electrons. The second-order valence-corrected chi connectivity index (χ2v) is 8.90. The van der Waals surface area contributed by atoms with Crippen LogP contribution in [-0.2, 0) is 19.6 Å². The lowest BCUT2D eigenvalue weighted by Gasteiger charge is -2.11. The quantitative estimate of drug-likeness (QED) is 0.265. The molecule has 2 N–H and O–H groups in total. The zero-order valence-corrected chi connectivity index (χ0v) is 21.0. The van der Waals surface area contributed by atoms with Gasteiger partial charge in [-0.3, -0.25) is 4.98 Å². The Bertz CT molecular complexity index is 1220. The molecule has 4 rings (SSSR count). The van der Waals surface area contributed by atoms with Gasteiger partial charge in [-0.25, -0.2) is 0 Å². The first kappa shape index (κ1) is 25.6. The van der Waals surface area contributed by atoms with Crippen LogP contribution in [0.3, 0.4) is 0 Å². The van der Waals surface area contributed by atoms with Crippen LogP contribution in [0, 0.1) is 0 Å². The highest BCUT2D eigenvalue weighted by Gasteiger charge is 2.03. The van der Waals surface area contributed by atoms with Gasteiger partial charge in [0.1, 0.15) is 5.75 Å². The van der Waals surface area contributed by atoms with Gasteiger partial charge in [0.25, 0.3) is 0 Å². The van der Waals surface area contributed by atoms with Crippen molar-refractivity contribution < 1.29 is 4.74 Å². The van der Waals surface area contributed by atoms with E-state index >= 15 is 0 Å².